The second kappa shape index (κ2) is 8.24. The zero-order valence-electron chi connectivity index (χ0n) is 16.7. The molecule has 0 aliphatic rings. The van der Waals surface area contributed by atoms with Crippen molar-refractivity contribution in [1.82, 2.24) is 4.68 Å². The first kappa shape index (κ1) is 20.8. The molecule has 1 N–H and O–H groups in total. The first-order valence-electron chi connectivity index (χ1n) is 9.15. The third-order valence-corrected chi connectivity index (χ3v) is 4.02. The van der Waals surface area contributed by atoms with Crippen LogP contribution in [0.4, 0.5) is 10.5 Å². The van der Waals surface area contributed by atoms with E-state index in [0.717, 1.165) is 5.56 Å². The van der Waals surface area contributed by atoms with Crippen LogP contribution >= 0.6 is 0 Å². The fourth-order valence-corrected chi connectivity index (χ4v) is 2.78. The highest BCUT2D eigenvalue weighted by Gasteiger charge is 2.23. The van der Waals surface area contributed by atoms with Crippen LogP contribution in [0.3, 0.4) is 0 Å². The molecule has 0 aliphatic heterocycles. The van der Waals surface area contributed by atoms with E-state index in [1.165, 1.54) is 28.9 Å². The number of fused-ring (bicyclic) bond motifs is 1. The van der Waals surface area contributed by atoms with Crippen LogP contribution in [0.5, 0.6) is 0 Å². The van der Waals surface area contributed by atoms with Gasteiger partial charge < -0.3 is 9.47 Å². The van der Waals surface area contributed by atoms with Crippen LogP contribution < -0.4 is 5.43 Å². The summed E-state index contributed by atoms with van der Waals surface area (Å²) in [5.74, 6) is -0.700. The zero-order valence-corrected chi connectivity index (χ0v) is 16.7. The van der Waals surface area contributed by atoms with Crippen molar-refractivity contribution < 1.29 is 24.0 Å². The Balaban J connectivity index is 1.94. The van der Waals surface area contributed by atoms with Crippen molar-refractivity contribution in [1.29, 1.82) is 0 Å². The van der Waals surface area contributed by atoms with Crippen molar-refractivity contribution in [2.24, 2.45) is 0 Å². The lowest BCUT2D eigenvalue weighted by Gasteiger charge is -2.20. The Hall–Kier alpha value is -3.88. The van der Waals surface area contributed by atoms with Crippen LogP contribution in [-0.2, 0) is 16.1 Å². The summed E-state index contributed by atoms with van der Waals surface area (Å²) in [7, 11) is 0. The summed E-state index contributed by atoms with van der Waals surface area (Å²) >= 11 is 0. The number of esters is 1. The van der Waals surface area contributed by atoms with E-state index in [1.54, 1.807) is 20.8 Å². The van der Waals surface area contributed by atoms with Crippen molar-refractivity contribution in [2.45, 2.75) is 33.0 Å². The Labute approximate surface area is 172 Å². The van der Waals surface area contributed by atoms with Crippen molar-refractivity contribution in [3.63, 3.8) is 0 Å². The predicted molar refractivity (Wildman–Crippen MR) is 110 cm³/mol. The van der Waals surface area contributed by atoms with E-state index in [1.807, 2.05) is 30.3 Å². The van der Waals surface area contributed by atoms with Gasteiger partial charge in [0.15, 0.2) is 0 Å². The quantitative estimate of drug-likeness (QED) is 0.379. The number of hydrogen-bond donors (Lipinski definition) is 1. The average molecular weight is 411 g/mol. The molecule has 9 heteroatoms. The molecule has 2 aromatic carbocycles. The zero-order chi connectivity index (χ0) is 21.9. The monoisotopic (exact) mass is 411 g/mol. The first-order chi connectivity index (χ1) is 14.1. The van der Waals surface area contributed by atoms with E-state index in [0.29, 0.717) is 10.9 Å². The normalized spacial score (nSPS) is 11.2. The van der Waals surface area contributed by atoms with E-state index in [2.05, 4.69) is 5.43 Å². The summed E-state index contributed by atoms with van der Waals surface area (Å²) in [4.78, 5) is 35.6. The number of benzene rings is 2. The van der Waals surface area contributed by atoms with E-state index >= 15 is 0 Å². The molecule has 1 heterocycles. The van der Waals surface area contributed by atoms with Gasteiger partial charge in [0.25, 0.3) is 5.69 Å². The summed E-state index contributed by atoms with van der Waals surface area (Å²) in [5, 5.41) is 11.5. The van der Waals surface area contributed by atoms with Gasteiger partial charge in [-0.25, -0.2) is 19.7 Å². The number of nitrogens with one attached hydrogen (secondary N) is 1. The number of carbonyl (C=O) groups is 2. The second-order valence-electron chi connectivity index (χ2n) is 7.54. The molecule has 3 rings (SSSR count). The molecule has 156 valence electrons. The predicted octanol–water partition coefficient (Wildman–Crippen LogP) is 4.39. The van der Waals surface area contributed by atoms with Crippen molar-refractivity contribution in [3.05, 3.63) is 76.0 Å². The maximum atomic E-state index is 12.7. The lowest BCUT2D eigenvalue weighted by molar-refractivity contribution is -0.384. The highest BCUT2D eigenvalue weighted by molar-refractivity contribution is 5.98. The lowest BCUT2D eigenvalue weighted by atomic mass is 10.2. The van der Waals surface area contributed by atoms with Crippen LogP contribution in [0.25, 0.3) is 10.9 Å². The molecule has 1 amide bonds. The molecule has 0 fully saturated rings. The number of aromatic nitrogens is 1. The van der Waals surface area contributed by atoms with Gasteiger partial charge in [0, 0.05) is 17.5 Å². The smallest absolute Gasteiger partial charge is 0.426 e. The minimum atomic E-state index is -0.782. The van der Waals surface area contributed by atoms with E-state index in [4.69, 9.17) is 9.47 Å². The third kappa shape index (κ3) is 4.93. The van der Waals surface area contributed by atoms with Gasteiger partial charge >= 0.3 is 12.1 Å². The fourth-order valence-electron chi connectivity index (χ4n) is 2.78. The minimum absolute atomic E-state index is 0.00675. The molecule has 0 spiro atoms. The highest BCUT2D eigenvalue weighted by Crippen LogP contribution is 2.25. The van der Waals surface area contributed by atoms with Gasteiger partial charge in [0.05, 0.1) is 10.4 Å². The molecule has 3 aromatic rings. The molecule has 30 heavy (non-hydrogen) atoms. The Bertz CT molecular complexity index is 1100. The SMILES string of the molecule is CC(C)(C)OC(=O)Nn1c(C(=O)OCc2ccccc2)cc2cc([N+](=O)[O-])ccc21. The van der Waals surface area contributed by atoms with Gasteiger partial charge in [-0.05, 0) is 38.5 Å². The van der Waals surface area contributed by atoms with Crippen LogP contribution in [-0.4, -0.2) is 27.3 Å². The topological polar surface area (TPSA) is 113 Å². The number of nitrogens with zero attached hydrogens (tertiary/aromatic N) is 2. The molecule has 1 aromatic heterocycles. The maximum absolute atomic E-state index is 12.7. The minimum Gasteiger partial charge on any atom is -0.456 e. The standard InChI is InChI=1S/C21H21N3O6/c1-21(2,3)30-20(26)22-23-17-10-9-16(24(27)28)11-15(17)12-18(23)19(25)29-13-14-7-5-4-6-8-14/h4-12H,13H2,1-3H3,(H,22,26). The van der Waals surface area contributed by atoms with E-state index in [-0.39, 0.29) is 18.0 Å². The van der Waals surface area contributed by atoms with Crippen LogP contribution in [0.15, 0.2) is 54.6 Å². The Morgan fingerprint density at radius 3 is 2.43 bits per heavy atom. The largest absolute Gasteiger partial charge is 0.456 e. The van der Waals surface area contributed by atoms with Gasteiger partial charge in [-0.15, -0.1) is 0 Å². The number of amides is 1. The second-order valence-corrected chi connectivity index (χ2v) is 7.54. The van der Waals surface area contributed by atoms with Gasteiger partial charge in [-0.2, -0.15) is 0 Å². The first-order valence-corrected chi connectivity index (χ1v) is 9.15. The summed E-state index contributed by atoms with van der Waals surface area (Å²) in [6, 6.07) is 14.6. The van der Waals surface area contributed by atoms with E-state index < -0.39 is 22.6 Å². The number of hydrogen-bond acceptors (Lipinski definition) is 6. The molecule has 0 bridgehead atoms. The number of carbonyl (C=O) groups excluding carboxylic acids is 2. The summed E-state index contributed by atoms with van der Waals surface area (Å²) in [6.45, 7) is 5.16. The Morgan fingerprint density at radius 1 is 1.10 bits per heavy atom. The Kier molecular flexibility index (Phi) is 5.72. The molecule has 0 unspecified atom stereocenters. The maximum Gasteiger partial charge on any atom is 0.426 e. The van der Waals surface area contributed by atoms with Crippen molar-refractivity contribution in [2.75, 3.05) is 5.43 Å². The number of nitro groups is 1. The number of rotatable bonds is 5. The fraction of sp³-hybridized carbons (Fsp3) is 0.238. The number of nitro benzene ring substituents is 1. The molecule has 0 saturated heterocycles. The summed E-state index contributed by atoms with van der Waals surface area (Å²) in [5.41, 5.74) is 2.80. The number of non-ortho nitro benzene ring substituents is 1. The van der Waals surface area contributed by atoms with Gasteiger partial charge in [-0.3, -0.25) is 10.1 Å². The molecule has 0 aliphatic carbocycles. The molecule has 0 atom stereocenters. The molecule has 9 nitrogen and oxygen atoms in total. The molecule has 0 saturated carbocycles. The number of ether oxygens (including phenoxy) is 2. The summed E-state index contributed by atoms with van der Waals surface area (Å²) < 4.78 is 11.8. The molecular weight excluding hydrogens is 390 g/mol. The van der Waals surface area contributed by atoms with Crippen LogP contribution in [0, 0.1) is 10.1 Å². The van der Waals surface area contributed by atoms with Crippen molar-refractivity contribution in [3.8, 4) is 0 Å². The highest BCUT2D eigenvalue weighted by atomic mass is 16.6. The lowest BCUT2D eigenvalue weighted by Crippen LogP contribution is -2.33. The van der Waals surface area contributed by atoms with Crippen LogP contribution in [0.2, 0.25) is 0 Å². The molecule has 0 radical (unpaired) electrons. The Morgan fingerprint density at radius 2 is 1.80 bits per heavy atom. The van der Waals surface area contributed by atoms with E-state index in [9.17, 15) is 19.7 Å². The average Bonchev–Trinajstić information content (AvgIpc) is 3.03. The third-order valence-electron chi connectivity index (χ3n) is 4.02. The molecular formula is C21H21N3O6. The van der Waals surface area contributed by atoms with Gasteiger partial charge in [0.2, 0.25) is 0 Å². The van der Waals surface area contributed by atoms with Crippen LogP contribution in [0.1, 0.15) is 36.8 Å². The van der Waals surface area contributed by atoms with Gasteiger partial charge in [-0.1, -0.05) is 30.3 Å². The van der Waals surface area contributed by atoms with Crippen molar-refractivity contribution >= 4 is 28.7 Å². The van der Waals surface area contributed by atoms with Gasteiger partial charge in [0.1, 0.15) is 17.9 Å². The summed E-state index contributed by atoms with van der Waals surface area (Å²) in [6.07, 6.45) is -0.782.